The molecule has 0 saturated heterocycles. The number of aromatic nitrogens is 1. The number of rotatable bonds is 7. The Labute approximate surface area is 146 Å². The topological polar surface area (TPSA) is 71.5 Å². The lowest BCUT2D eigenvalue weighted by molar-refractivity contribution is 0.0378. The Hall–Kier alpha value is -2.76. The van der Waals surface area contributed by atoms with Crippen molar-refractivity contribution in [2.75, 3.05) is 19.8 Å². The number of pyridine rings is 1. The number of nitrogens with one attached hydrogen (secondary N) is 1. The summed E-state index contributed by atoms with van der Waals surface area (Å²) in [5, 5.41) is 15.2. The molecule has 0 aliphatic heterocycles. The van der Waals surface area contributed by atoms with E-state index in [2.05, 4.69) is 10.3 Å². The van der Waals surface area contributed by atoms with E-state index in [0.29, 0.717) is 18.7 Å². The first-order valence-electron chi connectivity index (χ1n) is 8.17. The molecule has 1 aromatic heterocycles. The van der Waals surface area contributed by atoms with E-state index in [-0.39, 0.29) is 12.5 Å². The fourth-order valence-corrected chi connectivity index (χ4v) is 2.66. The molecule has 1 unspecified atom stereocenters. The second-order valence-electron chi connectivity index (χ2n) is 5.66. The monoisotopic (exact) mass is 336 g/mol. The van der Waals surface area contributed by atoms with Crippen molar-refractivity contribution in [3.05, 3.63) is 78.1 Å². The molecule has 1 amide bonds. The average molecular weight is 336 g/mol. The first-order chi connectivity index (χ1) is 12.3. The maximum absolute atomic E-state index is 11.9. The number of hydrogen-bond donors (Lipinski definition) is 2. The maximum atomic E-state index is 11.9. The summed E-state index contributed by atoms with van der Waals surface area (Å²) in [5.74, 6) is -0.189. The molecule has 0 aliphatic rings. The summed E-state index contributed by atoms with van der Waals surface area (Å²) in [5.41, 5.74) is 1.36. The third-order valence-electron chi connectivity index (χ3n) is 3.91. The number of carbonyl (C=O) groups is 1. The molecule has 3 aromatic rings. The van der Waals surface area contributed by atoms with Crippen molar-refractivity contribution in [3.8, 4) is 0 Å². The molecule has 2 aromatic carbocycles. The molecule has 5 nitrogen and oxygen atoms in total. The molecular weight excluding hydrogens is 316 g/mol. The minimum Gasteiger partial charge on any atom is -0.386 e. The number of carbonyl (C=O) groups excluding carboxylic acids is 1. The Morgan fingerprint density at radius 1 is 1.12 bits per heavy atom. The molecule has 25 heavy (non-hydrogen) atoms. The summed E-state index contributed by atoms with van der Waals surface area (Å²) in [7, 11) is 0. The van der Waals surface area contributed by atoms with Gasteiger partial charge in [0.15, 0.2) is 0 Å². The zero-order valence-corrected chi connectivity index (χ0v) is 13.8. The van der Waals surface area contributed by atoms with Gasteiger partial charge in [0.2, 0.25) is 0 Å². The van der Waals surface area contributed by atoms with Crippen LogP contribution in [0.1, 0.15) is 22.0 Å². The average Bonchev–Trinajstić information content (AvgIpc) is 2.67. The molecule has 0 saturated carbocycles. The summed E-state index contributed by atoms with van der Waals surface area (Å²) >= 11 is 0. The molecule has 5 heteroatoms. The van der Waals surface area contributed by atoms with E-state index >= 15 is 0 Å². The zero-order chi connectivity index (χ0) is 17.5. The molecule has 0 radical (unpaired) electrons. The third kappa shape index (κ3) is 4.41. The number of nitrogens with zero attached hydrogens (tertiary/aromatic N) is 1. The summed E-state index contributed by atoms with van der Waals surface area (Å²) in [6.07, 6.45) is 2.43. The number of fused-ring (bicyclic) bond motifs is 1. The summed E-state index contributed by atoms with van der Waals surface area (Å²) in [4.78, 5) is 15.8. The smallest absolute Gasteiger partial charge is 0.252 e. The number of benzene rings is 2. The molecule has 3 rings (SSSR count). The SMILES string of the molecule is O=C(NCCOCC(O)c1cccc2ccccc12)c1cccnc1. The van der Waals surface area contributed by atoms with Crippen molar-refractivity contribution in [2.45, 2.75) is 6.10 Å². The van der Waals surface area contributed by atoms with Crippen molar-refractivity contribution in [2.24, 2.45) is 0 Å². The third-order valence-corrected chi connectivity index (χ3v) is 3.91. The summed E-state index contributed by atoms with van der Waals surface area (Å²) in [6.45, 7) is 0.876. The highest BCUT2D eigenvalue weighted by Gasteiger charge is 2.11. The van der Waals surface area contributed by atoms with Crippen LogP contribution in [-0.4, -0.2) is 35.8 Å². The Bertz CT molecular complexity index is 831. The number of aliphatic hydroxyl groups excluding tert-OH is 1. The van der Waals surface area contributed by atoms with Crippen LogP contribution in [0.25, 0.3) is 10.8 Å². The lowest BCUT2D eigenvalue weighted by Gasteiger charge is -2.14. The number of amides is 1. The highest BCUT2D eigenvalue weighted by molar-refractivity contribution is 5.93. The van der Waals surface area contributed by atoms with Crippen LogP contribution in [0, 0.1) is 0 Å². The van der Waals surface area contributed by atoms with Crippen LogP contribution in [0.4, 0.5) is 0 Å². The van der Waals surface area contributed by atoms with Gasteiger partial charge >= 0.3 is 0 Å². The fraction of sp³-hybridized carbons (Fsp3) is 0.200. The first-order valence-corrected chi connectivity index (χ1v) is 8.17. The van der Waals surface area contributed by atoms with Crippen molar-refractivity contribution < 1.29 is 14.6 Å². The molecule has 128 valence electrons. The molecule has 1 atom stereocenters. The predicted octanol–water partition coefficient (Wildman–Crippen LogP) is 2.71. The van der Waals surface area contributed by atoms with Crippen LogP contribution in [0.2, 0.25) is 0 Å². The highest BCUT2D eigenvalue weighted by atomic mass is 16.5. The molecule has 2 N–H and O–H groups in total. The fourth-order valence-electron chi connectivity index (χ4n) is 2.66. The zero-order valence-electron chi connectivity index (χ0n) is 13.8. The molecule has 1 heterocycles. The van der Waals surface area contributed by atoms with Gasteiger partial charge in [-0.2, -0.15) is 0 Å². The number of ether oxygens (including phenoxy) is 1. The van der Waals surface area contributed by atoms with E-state index in [1.165, 1.54) is 6.20 Å². The van der Waals surface area contributed by atoms with Crippen molar-refractivity contribution in [3.63, 3.8) is 0 Å². The molecule has 0 bridgehead atoms. The van der Waals surface area contributed by atoms with Gasteiger partial charge in [-0.1, -0.05) is 42.5 Å². The van der Waals surface area contributed by atoms with Gasteiger partial charge in [0.1, 0.15) is 6.10 Å². The molecule has 0 fully saturated rings. The Morgan fingerprint density at radius 3 is 2.80 bits per heavy atom. The Kier molecular flexibility index (Phi) is 5.72. The minimum atomic E-state index is -0.708. The van der Waals surface area contributed by atoms with Crippen LogP contribution in [0.3, 0.4) is 0 Å². The predicted molar refractivity (Wildman–Crippen MR) is 96.3 cm³/mol. The van der Waals surface area contributed by atoms with Crippen LogP contribution < -0.4 is 5.32 Å². The van der Waals surface area contributed by atoms with E-state index in [4.69, 9.17) is 4.74 Å². The van der Waals surface area contributed by atoms with E-state index in [1.54, 1.807) is 18.3 Å². The first kappa shape index (κ1) is 17.1. The second-order valence-corrected chi connectivity index (χ2v) is 5.66. The lowest BCUT2D eigenvalue weighted by atomic mass is 10.0. The molecular formula is C20H20N2O3. The largest absolute Gasteiger partial charge is 0.386 e. The summed E-state index contributed by atoms with van der Waals surface area (Å²) < 4.78 is 5.50. The van der Waals surface area contributed by atoms with Crippen LogP contribution in [0.15, 0.2) is 67.0 Å². The van der Waals surface area contributed by atoms with Crippen LogP contribution in [-0.2, 0) is 4.74 Å². The van der Waals surface area contributed by atoms with Gasteiger partial charge in [-0.3, -0.25) is 9.78 Å². The van der Waals surface area contributed by atoms with Crippen LogP contribution >= 0.6 is 0 Å². The van der Waals surface area contributed by atoms with Crippen molar-refractivity contribution >= 4 is 16.7 Å². The summed E-state index contributed by atoms with van der Waals surface area (Å²) in [6, 6.07) is 17.2. The molecule has 0 aliphatic carbocycles. The number of aliphatic hydroxyl groups is 1. The maximum Gasteiger partial charge on any atom is 0.252 e. The van der Waals surface area contributed by atoms with E-state index in [0.717, 1.165) is 16.3 Å². The quantitative estimate of drug-likeness (QED) is 0.651. The van der Waals surface area contributed by atoms with Crippen molar-refractivity contribution in [1.29, 1.82) is 0 Å². The van der Waals surface area contributed by atoms with E-state index in [1.807, 2.05) is 42.5 Å². The van der Waals surface area contributed by atoms with Gasteiger partial charge in [0.05, 0.1) is 18.8 Å². The standard InChI is InChI=1S/C20H20N2O3/c23-19(18-9-3-6-15-5-1-2-8-17(15)18)14-25-12-11-22-20(24)16-7-4-10-21-13-16/h1-10,13,19,23H,11-12,14H2,(H,22,24). The van der Waals surface area contributed by atoms with Gasteiger partial charge in [-0.05, 0) is 28.5 Å². The normalized spacial score (nSPS) is 12.0. The lowest BCUT2D eigenvalue weighted by Crippen LogP contribution is -2.27. The minimum absolute atomic E-state index is 0.177. The Balaban J connectivity index is 1.46. The van der Waals surface area contributed by atoms with Gasteiger partial charge in [0, 0.05) is 18.9 Å². The molecule has 0 spiro atoms. The number of hydrogen-bond acceptors (Lipinski definition) is 4. The van der Waals surface area contributed by atoms with Gasteiger partial charge < -0.3 is 15.2 Å². The van der Waals surface area contributed by atoms with E-state index in [9.17, 15) is 9.90 Å². The second kappa shape index (κ2) is 8.37. The Morgan fingerprint density at radius 2 is 1.96 bits per heavy atom. The van der Waals surface area contributed by atoms with E-state index < -0.39 is 6.10 Å². The highest BCUT2D eigenvalue weighted by Crippen LogP contribution is 2.24. The van der Waals surface area contributed by atoms with Gasteiger partial charge in [-0.25, -0.2) is 0 Å². The van der Waals surface area contributed by atoms with Crippen LogP contribution in [0.5, 0.6) is 0 Å². The van der Waals surface area contributed by atoms with Gasteiger partial charge in [0.25, 0.3) is 5.91 Å². The van der Waals surface area contributed by atoms with Crippen molar-refractivity contribution in [1.82, 2.24) is 10.3 Å². The van der Waals surface area contributed by atoms with Gasteiger partial charge in [-0.15, -0.1) is 0 Å².